The van der Waals surface area contributed by atoms with Gasteiger partial charge in [0.25, 0.3) is 0 Å². The Balaban J connectivity index is 1.63. The molecule has 6 atom stereocenters. The Labute approximate surface area is 129 Å². The van der Waals surface area contributed by atoms with E-state index in [4.69, 9.17) is 14.2 Å². The number of aliphatic carboxylic acids is 1. The Morgan fingerprint density at radius 2 is 2.05 bits per heavy atom. The highest BCUT2D eigenvalue weighted by atomic mass is 16.7. The van der Waals surface area contributed by atoms with E-state index >= 15 is 0 Å². The molecule has 1 spiro atoms. The van der Waals surface area contributed by atoms with Crippen LogP contribution in [0, 0.1) is 29.6 Å². The normalized spacial score (nSPS) is 46.1. The first-order valence-electron chi connectivity index (χ1n) is 8.22. The average Bonchev–Trinajstić information content (AvgIpc) is 3.02. The van der Waals surface area contributed by atoms with Gasteiger partial charge in [-0.3, -0.25) is 9.59 Å². The van der Waals surface area contributed by atoms with Gasteiger partial charge in [0.15, 0.2) is 5.79 Å². The summed E-state index contributed by atoms with van der Waals surface area (Å²) in [6, 6.07) is 0. The number of fused-ring (bicyclic) bond motifs is 2. The van der Waals surface area contributed by atoms with Crippen molar-refractivity contribution < 1.29 is 28.9 Å². The van der Waals surface area contributed by atoms with Crippen LogP contribution in [0.25, 0.3) is 0 Å². The van der Waals surface area contributed by atoms with Crippen LogP contribution >= 0.6 is 0 Å². The number of esters is 1. The highest BCUT2D eigenvalue weighted by molar-refractivity contribution is 5.79. The second-order valence-electron chi connectivity index (χ2n) is 7.20. The summed E-state index contributed by atoms with van der Waals surface area (Å²) in [6.07, 6.45) is 2.64. The quantitative estimate of drug-likeness (QED) is 0.738. The Hall–Kier alpha value is -1.14. The molecule has 2 aliphatic carbocycles. The van der Waals surface area contributed by atoms with Gasteiger partial charge in [0, 0.05) is 18.8 Å². The summed E-state index contributed by atoms with van der Waals surface area (Å²) in [5.41, 5.74) is 0. The van der Waals surface area contributed by atoms with E-state index < -0.39 is 17.7 Å². The number of cyclic esters (lactones) is 1. The van der Waals surface area contributed by atoms with E-state index in [0.717, 1.165) is 12.8 Å². The predicted molar refractivity (Wildman–Crippen MR) is 73.7 cm³/mol. The predicted octanol–water partition coefficient (Wildman–Crippen LogP) is 1.43. The molecular weight excluding hydrogens is 288 g/mol. The van der Waals surface area contributed by atoms with E-state index in [9.17, 15) is 14.7 Å². The summed E-state index contributed by atoms with van der Waals surface area (Å²) in [5.74, 6) is -2.27. The fourth-order valence-electron chi connectivity index (χ4n) is 5.35. The summed E-state index contributed by atoms with van der Waals surface area (Å²) < 4.78 is 16.9. The van der Waals surface area contributed by atoms with E-state index in [1.54, 1.807) is 0 Å². The van der Waals surface area contributed by atoms with Crippen LogP contribution in [0.3, 0.4) is 0 Å². The van der Waals surface area contributed by atoms with E-state index in [2.05, 4.69) is 0 Å². The summed E-state index contributed by atoms with van der Waals surface area (Å²) in [6.45, 7) is 3.03. The summed E-state index contributed by atoms with van der Waals surface area (Å²) in [5, 5.41) is 9.76. The Morgan fingerprint density at radius 3 is 2.73 bits per heavy atom. The topological polar surface area (TPSA) is 82.1 Å². The molecule has 0 aromatic carbocycles. The van der Waals surface area contributed by atoms with Crippen molar-refractivity contribution in [3.63, 3.8) is 0 Å². The molecule has 0 unspecified atom stereocenters. The fraction of sp³-hybridized carbons (Fsp3) is 0.875. The maximum atomic E-state index is 12.1. The Kier molecular flexibility index (Phi) is 3.24. The maximum absolute atomic E-state index is 12.1. The number of hydrogen-bond acceptors (Lipinski definition) is 5. The monoisotopic (exact) mass is 310 g/mol. The van der Waals surface area contributed by atoms with Crippen LogP contribution in [0.5, 0.6) is 0 Å². The molecule has 2 heterocycles. The third kappa shape index (κ3) is 2.00. The van der Waals surface area contributed by atoms with Crippen LogP contribution < -0.4 is 0 Å². The molecule has 4 fully saturated rings. The molecule has 0 aromatic rings. The number of carbonyl (C=O) groups excluding carboxylic acids is 1. The maximum Gasteiger partial charge on any atom is 0.309 e. The second kappa shape index (κ2) is 4.93. The first-order valence-corrected chi connectivity index (χ1v) is 8.22. The molecular formula is C16H22O6. The summed E-state index contributed by atoms with van der Waals surface area (Å²) >= 11 is 0. The second-order valence-corrected chi connectivity index (χ2v) is 7.20. The smallest absolute Gasteiger partial charge is 0.309 e. The summed E-state index contributed by atoms with van der Waals surface area (Å²) in [7, 11) is 0. The zero-order chi connectivity index (χ0) is 15.5. The number of carboxylic acid groups (broad SMARTS) is 1. The molecule has 6 heteroatoms. The van der Waals surface area contributed by atoms with Crippen molar-refractivity contribution in [2.75, 3.05) is 13.2 Å². The van der Waals surface area contributed by atoms with E-state index in [1.807, 2.05) is 6.92 Å². The van der Waals surface area contributed by atoms with Crippen molar-refractivity contribution in [3.8, 4) is 0 Å². The van der Waals surface area contributed by atoms with Crippen molar-refractivity contribution in [1.29, 1.82) is 0 Å². The number of carbonyl (C=O) groups is 2. The van der Waals surface area contributed by atoms with E-state index in [-0.39, 0.29) is 35.7 Å². The third-order valence-electron chi connectivity index (χ3n) is 6.18. The van der Waals surface area contributed by atoms with Crippen LogP contribution in [0.1, 0.15) is 32.6 Å². The molecule has 4 aliphatic rings. The lowest BCUT2D eigenvalue weighted by Crippen LogP contribution is -2.51. The van der Waals surface area contributed by atoms with Gasteiger partial charge in [0.2, 0.25) is 0 Å². The first-order chi connectivity index (χ1) is 10.5. The number of hydrogen-bond donors (Lipinski definition) is 1. The molecule has 4 rings (SSSR count). The Morgan fingerprint density at radius 1 is 1.32 bits per heavy atom. The molecule has 0 aromatic heterocycles. The van der Waals surface area contributed by atoms with Crippen LogP contribution in [-0.2, 0) is 23.8 Å². The molecule has 22 heavy (non-hydrogen) atoms. The van der Waals surface area contributed by atoms with E-state index in [0.29, 0.717) is 26.1 Å². The highest BCUT2D eigenvalue weighted by Gasteiger charge is 2.60. The van der Waals surface area contributed by atoms with Crippen molar-refractivity contribution in [3.05, 3.63) is 0 Å². The SMILES string of the molecule is C[C@@H]1OC(=O)[C@H]2C[C@H]3CC4(CC[C@@H]3[C@@H](C(=O)O)[C@@H]12)OCCO4. The number of carboxylic acids is 1. The lowest BCUT2D eigenvalue weighted by atomic mass is 9.56. The van der Waals surface area contributed by atoms with Gasteiger partial charge in [0.05, 0.1) is 25.0 Å². The van der Waals surface area contributed by atoms with Gasteiger partial charge in [-0.05, 0) is 31.6 Å². The minimum atomic E-state index is -0.793. The molecule has 0 amide bonds. The van der Waals surface area contributed by atoms with Crippen LogP contribution in [0.15, 0.2) is 0 Å². The minimum Gasteiger partial charge on any atom is -0.481 e. The molecule has 0 radical (unpaired) electrons. The van der Waals surface area contributed by atoms with Gasteiger partial charge in [-0.15, -0.1) is 0 Å². The zero-order valence-electron chi connectivity index (χ0n) is 12.7. The average molecular weight is 310 g/mol. The van der Waals surface area contributed by atoms with Crippen molar-refractivity contribution in [1.82, 2.24) is 0 Å². The lowest BCUT2D eigenvalue weighted by Gasteiger charge is -2.48. The third-order valence-corrected chi connectivity index (χ3v) is 6.18. The summed E-state index contributed by atoms with van der Waals surface area (Å²) in [4.78, 5) is 24.0. The van der Waals surface area contributed by atoms with Gasteiger partial charge >= 0.3 is 11.9 Å². The fourth-order valence-corrected chi connectivity index (χ4v) is 5.35. The molecule has 6 nitrogen and oxygen atoms in total. The van der Waals surface area contributed by atoms with Crippen molar-refractivity contribution in [2.45, 2.75) is 44.5 Å². The molecule has 1 N–H and O–H groups in total. The van der Waals surface area contributed by atoms with Crippen LogP contribution in [0.2, 0.25) is 0 Å². The standard InChI is InChI=1S/C16H22O6/c1-8-12-11(15(19)22-8)6-9-7-16(20-4-5-21-16)3-2-10(9)13(12)14(17)18/h8-13H,2-7H2,1H3,(H,17,18)/t8-,9-,10-,11-,12-,13+/m0/s1. The minimum absolute atomic E-state index is 0.0918. The molecule has 2 aliphatic heterocycles. The van der Waals surface area contributed by atoms with Crippen molar-refractivity contribution >= 4 is 11.9 Å². The Bertz CT molecular complexity index is 497. The number of ether oxygens (including phenoxy) is 3. The van der Waals surface area contributed by atoms with Gasteiger partial charge in [0.1, 0.15) is 6.10 Å². The van der Waals surface area contributed by atoms with Crippen LogP contribution in [0.4, 0.5) is 0 Å². The first kappa shape index (κ1) is 14.5. The zero-order valence-corrected chi connectivity index (χ0v) is 12.7. The number of rotatable bonds is 1. The van der Waals surface area contributed by atoms with Gasteiger partial charge in [-0.2, -0.15) is 0 Å². The molecule has 0 bridgehead atoms. The van der Waals surface area contributed by atoms with Crippen LogP contribution in [-0.4, -0.2) is 42.1 Å². The molecule has 2 saturated heterocycles. The lowest BCUT2D eigenvalue weighted by molar-refractivity contribution is -0.209. The van der Waals surface area contributed by atoms with Gasteiger partial charge < -0.3 is 19.3 Å². The molecule has 122 valence electrons. The van der Waals surface area contributed by atoms with Gasteiger partial charge in [-0.25, -0.2) is 0 Å². The van der Waals surface area contributed by atoms with Gasteiger partial charge in [-0.1, -0.05) is 0 Å². The molecule has 2 saturated carbocycles. The van der Waals surface area contributed by atoms with Crippen molar-refractivity contribution in [2.24, 2.45) is 29.6 Å². The largest absolute Gasteiger partial charge is 0.481 e. The van der Waals surface area contributed by atoms with E-state index in [1.165, 1.54) is 0 Å². The highest BCUT2D eigenvalue weighted by Crippen LogP contribution is 2.55.